The lowest BCUT2D eigenvalue weighted by molar-refractivity contribution is -0.137. The predicted molar refractivity (Wildman–Crippen MR) is 99.0 cm³/mol. The van der Waals surface area contributed by atoms with Gasteiger partial charge in [0.1, 0.15) is 5.78 Å². The zero-order valence-electron chi connectivity index (χ0n) is 15.4. The van der Waals surface area contributed by atoms with E-state index in [9.17, 15) is 14.7 Å². The van der Waals surface area contributed by atoms with E-state index in [2.05, 4.69) is 18.8 Å². The Morgan fingerprint density at radius 3 is 2.80 bits per heavy atom. The number of allylic oxidation sites excluding steroid dienone is 1. The highest BCUT2D eigenvalue weighted by molar-refractivity contribution is 5.84. The number of carboxylic acids is 1. The Kier molecular flexibility index (Phi) is 10.9. The highest BCUT2D eigenvalue weighted by atomic mass is 16.4. The van der Waals surface area contributed by atoms with Crippen LogP contribution in [0.4, 0.5) is 0 Å². The summed E-state index contributed by atoms with van der Waals surface area (Å²) in [5.41, 5.74) is 0. The number of hydrogen-bond acceptors (Lipinski definition) is 3. The molecule has 0 heterocycles. The molecule has 3 atom stereocenters. The zero-order chi connectivity index (χ0) is 18.5. The molecule has 1 aliphatic carbocycles. The van der Waals surface area contributed by atoms with Crippen LogP contribution >= 0.6 is 0 Å². The molecular weight excluding hydrogens is 316 g/mol. The predicted octanol–water partition coefficient (Wildman–Crippen LogP) is 4.12. The monoisotopic (exact) mass is 348 g/mol. The summed E-state index contributed by atoms with van der Waals surface area (Å²) in [4.78, 5) is 22.5. The van der Waals surface area contributed by atoms with E-state index in [-0.39, 0.29) is 24.0 Å². The minimum Gasteiger partial charge on any atom is -0.481 e. The number of aliphatic carboxylic acids is 1. The number of rotatable bonds is 11. The van der Waals surface area contributed by atoms with E-state index in [1.54, 1.807) is 0 Å². The molecule has 140 valence electrons. The first-order valence-electron chi connectivity index (χ1n) is 9.61. The average molecular weight is 348 g/mol. The van der Waals surface area contributed by atoms with E-state index < -0.39 is 12.1 Å². The molecule has 0 radical (unpaired) electrons. The number of aliphatic hydroxyl groups is 1. The van der Waals surface area contributed by atoms with Crippen molar-refractivity contribution in [1.29, 1.82) is 0 Å². The topological polar surface area (TPSA) is 74.6 Å². The minimum absolute atomic E-state index is 0.0504. The van der Waals surface area contributed by atoms with Crippen LogP contribution in [0.25, 0.3) is 0 Å². The SMILES string of the molecule is CCCCCC(O)C=CC1CCC(=O)C1CC#CCCCCC(=O)O. The first-order chi connectivity index (χ1) is 12.0. The Morgan fingerprint density at radius 2 is 2.08 bits per heavy atom. The Hall–Kier alpha value is -1.60. The summed E-state index contributed by atoms with van der Waals surface area (Å²) in [6.45, 7) is 2.14. The van der Waals surface area contributed by atoms with Crippen molar-refractivity contribution in [2.45, 2.75) is 83.7 Å². The highest BCUT2D eigenvalue weighted by Crippen LogP contribution is 2.32. The second-order valence-electron chi connectivity index (χ2n) is 6.88. The van der Waals surface area contributed by atoms with E-state index in [0.29, 0.717) is 25.7 Å². The van der Waals surface area contributed by atoms with Crippen LogP contribution in [0.2, 0.25) is 0 Å². The molecule has 0 saturated heterocycles. The van der Waals surface area contributed by atoms with E-state index in [1.165, 1.54) is 0 Å². The van der Waals surface area contributed by atoms with Gasteiger partial charge in [0, 0.05) is 31.6 Å². The van der Waals surface area contributed by atoms with Gasteiger partial charge in [-0.05, 0) is 31.6 Å². The molecule has 1 saturated carbocycles. The van der Waals surface area contributed by atoms with Crippen LogP contribution in [-0.4, -0.2) is 28.1 Å². The Bertz CT molecular complexity index is 498. The van der Waals surface area contributed by atoms with Crippen molar-refractivity contribution in [3.05, 3.63) is 12.2 Å². The third-order valence-corrected chi connectivity index (χ3v) is 4.73. The summed E-state index contributed by atoms with van der Waals surface area (Å²) in [6, 6.07) is 0. The number of carbonyl (C=O) groups excluding carboxylic acids is 1. The standard InChI is InChI=1S/C21H32O4/c1-2-3-7-10-18(22)15-13-17-14-16-20(23)19(17)11-8-5-4-6-9-12-21(24)25/h13,15,17-19,22H,2-4,6-7,9-12,14,16H2,1H3,(H,24,25). The first-order valence-corrected chi connectivity index (χ1v) is 9.61. The molecule has 2 N–H and O–H groups in total. The number of hydrogen-bond donors (Lipinski definition) is 2. The van der Waals surface area contributed by atoms with Gasteiger partial charge < -0.3 is 10.2 Å². The van der Waals surface area contributed by atoms with Gasteiger partial charge in [-0.2, -0.15) is 0 Å². The molecule has 0 bridgehead atoms. The Morgan fingerprint density at radius 1 is 1.28 bits per heavy atom. The fourth-order valence-electron chi connectivity index (χ4n) is 3.16. The molecule has 25 heavy (non-hydrogen) atoms. The third kappa shape index (κ3) is 9.45. The largest absolute Gasteiger partial charge is 0.481 e. The average Bonchev–Trinajstić information content (AvgIpc) is 2.92. The molecule has 4 heteroatoms. The van der Waals surface area contributed by atoms with Crippen molar-refractivity contribution in [1.82, 2.24) is 0 Å². The molecule has 0 aromatic heterocycles. The molecule has 1 rings (SSSR count). The van der Waals surface area contributed by atoms with Gasteiger partial charge in [0.2, 0.25) is 0 Å². The molecule has 0 aliphatic heterocycles. The summed E-state index contributed by atoms with van der Waals surface area (Å²) in [6.07, 6.45) is 11.9. The number of carboxylic acid groups (broad SMARTS) is 1. The van der Waals surface area contributed by atoms with Gasteiger partial charge in [-0.25, -0.2) is 0 Å². The fraction of sp³-hybridized carbons (Fsp3) is 0.714. The maximum absolute atomic E-state index is 12.1. The molecule has 0 aromatic carbocycles. The van der Waals surface area contributed by atoms with Crippen molar-refractivity contribution in [3.63, 3.8) is 0 Å². The van der Waals surface area contributed by atoms with Crippen LogP contribution in [-0.2, 0) is 9.59 Å². The van der Waals surface area contributed by atoms with E-state index in [1.807, 2.05) is 12.2 Å². The minimum atomic E-state index is -0.768. The van der Waals surface area contributed by atoms with Crippen LogP contribution in [0.3, 0.4) is 0 Å². The van der Waals surface area contributed by atoms with Crippen LogP contribution in [0.5, 0.6) is 0 Å². The van der Waals surface area contributed by atoms with Gasteiger partial charge in [0.25, 0.3) is 0 Å². The molecule has 0 aromatic rings. The van der Waals surface area contributed by atoms with Gasteiger partial charge >= 0.3 is 5.97 Å². The van der Waals surface area contributed by atoms with Crippen LogP contribution in [0.1, 0.15) is 77.6 Å². The summed E-state index contributed by atoms with van der Waals surface area (Å²) in [5.74, 6) is 5.79. The normalized spacial score (nSPS) is 21.3. The molecule has 0 spiro atoms. The smallest absolute Gasteiger partial charge is 0.303 e. The van der Waals surface area contributed by atoms with E-state index >= 15 is 0 Å². The van der Waals surface area contributed by atoms with E-state index in [4.69, 9.17) is 5.11 Å². The van der Waals surface area contributed by atoms with Gasteiger partial charge in [0.15, 0.2) is 0 Å². The van der Waals surface area contributed by atoms with Crippen LogP contribution in [0.15, 0.2) is 12.2 Å². The van der Waals surface area contributed by atoms with Crippen molar-refractivity contribution in [3.8, 4) is 11.8 Å². The Balaban J connectivity index is 2.36. The molecular formula is C21H32O4. The fourth-order valence-corrected chi connectivity index (χ4v) is 3.16. The summed E-state index contributed by atoms with van der Waals surface area (Å²) in [5, 5.41) is 18.6. The van der Waals surface area contributed by atoms with Gasteiger partial charge in [-0.3, -0.25) is 9.59 Å². The molecule has 3 unspecified atom stereocenters. The maximum atomic E-state index is 12.1. The number of carbonyl (C=O) groups is 2. The van der Waals surface area contributed by atoms with E-state index in [0.717, 1.165) is 38.5 Å². The highest BCUT2D eigenvalue weighted by Gasteiger charge is 2.32. The maximum Gasteiger partial charge on any atom is 0.303 e. The zero-order valence-corrected chi connectivity index (χ0v) is 15.4. The van der Waals surface area contributed by atoms with Crippen molar-refractivity contribution in [2.24, 2.45) is 11.8 Å². The van der Waals surface area contributed by atoms with Crippen molar-refractivity contribution in [2.75, 3.05) is 0 Å². The van der Waals surface area contributed by atoms with Crippen LogP contribution in [0, 0.1) is 23.7 Å². The van der Waals surface area contributed by atoms with Crippen molar-refractivity contribution >= 4 is 11.8 Å². The van der Waals surface area contributed by atoms with Gasteiger partial charge in [-0.1, -0.05) is 38.3 Å². The van der Waals surface area contributed by atoms with Gasteiger partial charge in [-0.15, -0.1) is 11.8 Å². The second-order valence-corrected chi connectivity index (χ2v) is 6.88. The summed E-state index contributed by atoms with van der Waals surface area (Å²) in [7, 11) is 0. The third-order valence-electron chi connectivity index (χ3n) is 4.73. The molecule has 0 amide bonds. The number of unbranched alkanes of at least 4 members (excludes halogenated alkanes) is 4. The van der Waals surface area contributed by atoms with Gasteiger partial charge in [0.05, 0.1) is 6.10 Å². The number of aliphatic hydroxyl groups excluding tert-OH is 1. The summed E-state index contributed by atoms with van der Waals surface area (Å²) >= 11 is 0. The number of ketones is 1. The molecule has 1 fully saturated rings. The molecule has 1 aliphatic rings. The lowest BCUT2D eigenvalue weighted by Gasteiger charge is -2.12. The number of Topliss-reactive ketones (excluding diaryl/α,β-unsaturated/α-hetero) is 1. The molecule has 4 nitrogen and oxygen atoms in total. The summed E-state index contributed by atoms with van der Waals surface area (Å²) < 4.78 is 0. The lowest BCUT2D eigenvalue weighted by Crippen LogP contribution is -2.13. The lowest BCUT2D eigenvalue weighted by atomic mass is 9.91. The second kappa shape index (κ2) is 12.7. The van der Waals surface area contributed by atoms with Crippen LogP contribution < -0.4 is 0 Å². The van der Waals surface area contributed by atoms with Crippen molar-refractivity contribution < 1.29 is 19.8 Å². The quantitative estimate of drug-likeness (QED) is 0.335. The Labute approximate surface area is 151 Å². The first kappa shape index (κ1) is 21.4.